The number of methoxy groups -OCH3 is 1. The molecule has 1 fully saturated rings. The quantitative estimate of drug-likeness (QED) is 0.588. The lowest BCUT2D eigenvalue weighted by molar-refractivity contribution is -0.402. The Kier molecular flexibility index (Phi) is 11.4. The second-order valence-corrected chi connectivity index (χ2v) is 5.49. The van der Waals surface area contributed by atoms with Gasteiger partial charge in [-0.05, 0) is 24.3 Å². The summed E-state index contributed by atoms with van der Waals surface area (Å²) in [6, 6.07) is 8.07. The van der Waals surface area contributed by atoms with E-state index in [1.807, 2.05) is 18.3 Å². The second kappa shape index (κ2) is 12.3. The standard InChI is InChI=1S/C16H21N3O2.2ClH.NO3/c1-21-13-2-3-15-14(12-13)16(4-5-17-15)19-8-6-18(7-9-19)10-11-20;;;2-1(3)4/h2-5,12,20H,6-11H2,1H3;2*1H;/q;;;-1. The molecule has 2 heterocycles. The van der Waals surface area contributed by atoms with Crippen LogP contribution in [-0.2, 0) is 0 Å². The van der Waals surface area contributed by atoms with Crippen LogP contribution in [0.25, 0.3) is 10.9 Å². The summed E-state index contributed by atoms with van der Waals surface area (Å²) >= 11 is 0. The van der Waals surface area contributed by atoms with E-state index in [1.165, 1.54) is 5.69 Å². The fourth-order valence-corrected chi connectivity index (χ4v) is 2.87. The minimum absolute atomic E-state index is 0. The maximum Gasteiger partial charge on any atom is 0.119 e. The first-order valence-corrected chi connectivity index (χ1v) is 7.87. The Morgan fingerprint density at radius 2 is 1.81 bits per heavy atom. The number of aliphatic hydroxyl groups is 1. The minimum atomic E-state index is -1.75. The van der Waals surface area contributed by atoms with Crippen molar-refractivity contribution in [3.63, 3.8) is 0 Å². The maximum absolute atomic E-state index is 9.02. The van der Waals surface area contributed by atoms with E-state index < -0.39 is 5.09 Å². The zero-order valence-electron chi connectivity index (χ0n) is 14.8. The van der Waals surface area contributed by atoms with Gasteiger partial charge in [0.2, 0.25) is 0 Å². The lowest BCUT2D eigenvalue weighted by Crippen LogP contribution is -2.47. The highest BCUT2D eigenvalue weighted by Gasteiger charge is 2.18. The zero-order valence-corrected chi connectivity index (χ0v) is 16.4. The van der Waals surface area contributed by atoms with Crippen molar-refractivity contribution in [3.8, 4) is 5.75 Å². The average Bonchev–Trinajstić information content (AvgIpc) is 2.61. The van der Waals surface area contributed by atoms with Crippen molar-refractivity contribution in [2.24, 2.45) is 0 Å². The predicted molar refractivity (Wildman–Crippen MR) is 109 cm³/mol. The second-order valence-electron chi connectivity index (χ2n) is 5.49. The van der Waals surface area contributed by atoms with E-state index in [0.717, 1.165) is 49.4 Å². The monoisotopic (exact) mass is 421 g/mol. The van der Waals surface area contributed by atoms with Crippen LogP contribution in [0.5, 0.6) is 5.75 Å². The first kappa shape index (κ1) is 24.9. The number of hydrogen-bond donors (Lipinski definition) is 1. The highest BCUT2D eigenvalue weighted by atomic mass is 35.5. The summed E-state index contributed by atoms with van der Waals surface area (Å²) < 4.78 is 5.33. The summed E-state index contributed by atoms with van der Waals surface area (Å²) in [5.74, 6) is 0.857. The molecule has 2 aromatic rings. The van der Waals surface area contributed by atoms with Crippen LogP contribution < -0.4 is 9.64 Å². The summed E-state index contributed by atoms with van der Waals surface area (Å²) in [6.45, 7) is 4.89. The van der Waals surface area contributed by atoms with E-state index in [2.05, 4.69) is 26.9 Å². The molecule has 11 heteroatoms. The topological polar surface area (TPSA) is 115 Å². The predicted octanol–water partition coefficient (Wildman–Crippen LogP) is 1.96. The number of benzene rings is 1. The van der Waals surface area contributed by atoms with Gasteiger partial charge in [0.15, 0.2) is 0 Å². The molecule has 0 spiro atoms. The van der Waals surface area contributed by atoms with Crippen LogP contribution in [0.3, 0.4) is 0 Å². The number of fused-ring (bicyclic) bond motifs is 1. The van der Waals surface area contributed by atoms with Gasteiger partial charge >= 0.3 is 0 Å². The number of hydrogen-bond acceptors (Lipinski definition) is 8. The fourth-order valence-electron chi connectivity index (χ4n) is 2.87. The van der Waals surface area contributed by atoms with E-state index in [9.17, 15) is 0 Å². The Morgan fingerprint density at radius 3 is 2.37 bits per heavy atom. The Hall–Kier alpha value is -2.07. The smallest absolute Gasteiger partial charge is 0.119 e. The van der Waals surface area contributed by atoms with Crippen LogP contribution in [0.1, 0.15) is 0 Å². The SMILES string of the molecule is COc1ccc2nccc(N3CCN(CCO)CC3)c2c1.Cl.Cl.O=[N+]([O-])[O-]. The lowest BCUT2D eigenvalue weighted by Gasteiger charge is -2.36. The van der Waals surface area contributed by atoms with Crippen LogP contribution in [0, 0.1) is 15.3 Å². The molecule has 0 amide bonds. The third-order valence-corrected chi connectivity index (χ3v) is 4.05. The number of β-amino-alcohol motifs (C(OH)–C–C–N with tert-alkyl or cyclic N) is 1. The van der Waals surface area contributed by atoms with Crippen molar-refractivity contribution >= 4 is 41.4 Å². The van der Waals surface area contributed by atoms with E-state index in [-0.39, 0.29) is 31.4 Å². The molecular weight excluding hydrogens is 399 g/mol. The molecule has 9 nitrogen and oxygen atoms in total. The first-order valence-electron chi connectivity index (χ1n) is 7.87. The fraction of sp³-hybridized carbons (Fsp3) is 0.438. The van der Waals surface area contributed by atoms with E-state index in [0.29, 0.717) is 0 Å². The molecule has 0 radical (unpaired) electrons. The molecule has 1 saturated heterocycles. The highest BCUT2D eigenvalue weighted by Crippen LogP contribution is 2.29. The molecule has 3 rings (SSSR count). The van der Waals surface area contributed by atoms with Gasteiger partial charge in [0.25, 0.3) is 0 Å². The number of halogens is 2. The molecule has 1 N–H and O–H groups in total. The van der Waals surface area contributed by atoms with Gasteiger partial charge in [0.05, 0.1) is 24.3 Å². The van der Waals surface area contributed by atoms with E-state index in [4.69, 9.17) is 25.2 Å². The van der Waals surface area contributed by atoms with Gasteiger partial charge in [-0.15, -0.1) is 24.8 Å². The zero-order chi connectivity index (χ0) is 18.2. The van der Waals surface area contributed by atoms with Gasteiger partial charge in [-0.3, -0.25) is 9.88 Å². The van der Waals surface area contributed by atoms with E-state index in [1.54, 1.807) is 7.11 Å². The van der Waals surface area contributed by atoms with Crippen LogP contribution in [0.2, 0.25) is 0 Å². The van der Waals surface area contributed by atoms with Gasteiger partial charge in [-0.1, -0.05) is 0 Å². The number of piperazine rings is 1. The third kappa shape index (κ3) is 7.22. The minimum Gasteiger partial charge on any atom is -0.497 e. The summed E-state index contributed by atoms with van der Waals surface area (Å²) in [4.78, 5) is 17.4. The third-order valence-electron chi connectivity index (χ3n) is 4.05. The van der Waals surface area contributed by atoms with Gasteiger partial charge < -0.3 is 30.1 Å². The number of anilines is 1. The molecule has 152 valence electrons. The lowest BCUT2D eigenvalue weighted by atomic mass is 10.1. The van der Waals surface area contributed by atoms with Crippen molar-refractivity contribution in [1.82, 2.24) is 9.88 Å². The number of rotatable bonds is 4. The van der Waals surface area contributed by atoms with Gasteiger partial charge in [0, 0.05) is 50.0 Å². The van der Waals surface area contributed by atoms with Crippen molar-refractivity contribution in [2.45, 2.75) is 0 Å². The molecule has 1 aromatic carbocycles. The molecule has 0 atom stereocenters. The van der Waals surface area contributed by atoms with E-state index >= 15 is 0 Å². The first-order chi connectivity index (χ1) is 12.0. The van der Waals surface area contributed by atoms with Gasteiger partial charge in [0.1, 0.15) is 5.75 Å². The Balaban J connectivity index is 0.00000103. The van der Waals surface area contributed by atoms with Crippen molar-refractivity contribution in [2.75, 3.05) is 51.3 Å². The average molecular weight is 422 g/mol. The molecular formula is C16H23Cl2N4O5-. The molecule has 0 unspecified atom stereocenters. The molecule has 0 aliphatic carbocycles. The van der Waals surface area contributed by atoms with Crippen LogP contribution in [-0.4, -0.2) is 66.5 Å². The summed E-state index contributed by atoms with van der Waals surface area (Å²) in [5, 5.41) is 24.9. The van der Waals surface area contributed by atoms with Crippen molar-refractivity contribution in [1.29, 1.82) is 0 Å². The van der Waals surface area contributed by atoms with Crippen LogP contribution in [0.4, 0.5) is 5.69 Å². The number of pyridine rings is 1. The highest BCUT2D eigenvalue weighted by molar-refractivity contribution is 5.92. The van der Waals surface area contributed by atoms with Crippen LogP contribution in [0.15, 0.2) is 30.5 Å². The van der Waals surface area contributed by atoms with Gasteiger partial charge in [-0.2, -0.15) is 0 Å². The summed E-state index contributed by atoms with van der Waals surface area (Å²) in [5.41, 5.74) is 2.20. The number of nitrogens with zero attached hydrogens (tertiary/aromatic N) is 4. The molecule has 1 aromatic heterocycles. The molecule has 0 saturated carbocycles. The molecule has 27 heavy (non-hydrogen) atoms. The molecule has 1 aliphatic heterocycles. The summed E-state index contributed by atoms with van der Waals surface area (Å²) in [7, 11) is 1.69. The number of aliphatic hydroxyl groups excluding tert-OH is 1. The Labute approximate surface area is 169 Å². The van der Waals surface area contributed by atoms with Crippen molar-refractivity contribution < 1.29 is 14.9 Å². The molecule has 1 aliphatic rings. The van der Waals surface area contributed by atoms with Crippen LogP contribution >= 0.6 is 24.8 Å². The Morgan fingerprint density at radius 1 is 1.19 bits per heavy atom. The number of aromatic nitrogens is 1. The van der Waals surface area contributed by atoms with Crippen molar-refractivity contribution in [3.05, 3.63) is 45.8 Å². The largest absolute Gasteiger partial charge is 0.497 e. The summed E-state index contributed by atoms with van der Waals surface area (Å²) in [6.07, 6.45) is 1.87. The maximum atomic E-state index is 9.02. The number of ether oxygens (including phenoxy) is 1. The Bertz CT molecular complexity index is 710. The molecule has 0 bridgehead atoms. The normalized spacial score (nSPS) is 13.6. The van der Waals surface area contributed by atoms with Gasteiger partial charge in [-0.25, -0.2) is 0 Å².